The van der Waals surface area contributed by atoms with E-state index in [4.69, 9.17) is 14.2 Å². The largest absolute Gasteiger partial charge is 0.493 e. The van der Waals surface area contributed by atoms with Gasteiger partial charge in [-0.05, 0) is 30.7 Å². The van der Waals surface area contributed by atoms with E-state index >= 15 is 0 Å². The maximum atomic E-state index is 12.8. The molecule has 8 nitrogen and oxygen atoms in total. The van der Waals surface area contributed by atoms with Gasteiger partial charge in [0.25, 0.3) is 0 Å². The number of hydrogen-bond acceptors (Lipinski definition) is 7. The molecule has 0 amide bonds. The van der Waals surface area contributed by atoms with Crippen molar-refractivity contribution in [1.29, 1.82) is 0 Å². The Bertz CT molecular complexity index is 1300. The highest BCUT2D eigenvalue weighted by Crippen LogP contribution is 2.25. The molecule has 0 unspecified atom stereocenters. The summed E-state index contributed by atoms with van der Waals surface area (Å²) in [5, 5.41) is 5.14. The predicted octanol–water partition coefficient (Wildman–Crippen LogP) is 3.88. The van der Waals surface area contributed by atoms with Crippen LogP contribution in [0.1, 0.15) is 32.1 Å². The van der Waals surface area contributed by atoms with Gasteiger partial charge in [0, 0.05) is 5.39 Å². The molecule has 0 fully saturated rings. The lowest BCUT2D eigenvalue weighted by atomic mass is 10.0. The van der Waals surface area contributed by atoms with Gasteiger partial charge < -0.3 is 14.2 Å². The lowest BCUT2D eigenvalue weighted by molar-refractivity contribution is 0.0445. The molecule has 2 aromatic carbocycles. The molecule has 32 heavy (non-hydrogen) atoms. The number of methoxy groups -OCH3 is 2. The number of carbonyl (C=O) groups is 2. The molecule has 0 saturated heterocycles. The van der Waals surface area contributed by atoms with Crippen molar-refractivity contribution >= 4 is 22.8 Å². The van der Waals surface area contributed by atoms with Gasteiger partial charge in [-0.3, -0.25) is 0 Å². The second-order valence-electron chi connectivity index (χ2n) is 6.97. The summed E-state index contributed by atoms with van der Waals surface area (Å²) >= 11 is 0. The van der Waals surface area contributed by atoms with Crippen LogP contribution in [-0.4, -0.2) is 40.9 Å². The van der Waals surface area contributed by atoms with Crippen molar-refractivity contribution in [2.75, 3.05) is 14.2 Å². The average Bonchev–Trinajstić information content (AvgIpc) is 3.27. The fraction of sp³-hybridized carbons (Fsp3) is 0.167. The number of para-hydroxylation sites is 2. The van der Waals surface area contributed by atoms with Crippen molar-refractivity contribution in [3.8, 4) is 11.4 Å². The van der Waals surface area contributed by atoms with Gasteiger partial charge in [-0.15, -0.1) is 0 Å². The smallest absolute Gasteiger partial charge is 0.363 e. The van der Waals surface area contributed by atoms with Crippen LogP contribution in [0.5, 0.6) is 5.75 Å². The van der Waals surface area contributed by atoms with Crippen LogP contribution in [0, 0.1) is 6.92 Å². The highest BCUT2D eigenvalue weighted by molar-refractivity contribution is 5.98. The van der Waals surface area contributed by atoms with E-state index in [0.717, 1.165) is 11.1 Å². The molecule has 0 N–H and O–H groups in total. The minimum Gasteiger partial charge on any atom is -0.493 e. The first-order valence-electron chi connectivity index (χ1n) is 9.86. The Kier molecular flexibility index (Phi) is 5.85. The standard InChI is InChI=1S/C24H21N3O5/c1-15-17-11-7-8-12-18(17)25-19(21(15)23(28)31-3)14-32-24(29)22-20(30-2)13-27(26-22)16-9-5-4-6-10-16/h4-13H,14H2,1-3H3. The molecule has 2 heterocycles. The molecule has 0 aliphatic heterocycles. The molecule has 0 saturated carbocycles. The number of nitrogens with zero attached hydrogens (tertiary/aromatic N) is 3. The molecule has 0 atom stereocenters. The van der Waals surface area contributed by atoms with Crippen LogP contribution < -0.4 is 4.74 Å². The second-order valence-corrected chi connectivity index (χ2v) is 6.97. The minimum absolute atomic E-state index is 0.0217. The van der Waals surface area contributed by atoms with E-state index in [0.29, 0.717) is 16.8 Å². The number of pyridine rings is 1. The SMILES string of the molecule is COC(=O)c1c(COC(=O)c2nn(-c3ccccc3)cc2OC)nc2ccccc2c1C. The van der Waals surface area contributed by atoms with E-state index in [2.05, 4.69) is 10.1 Å². The summed E-state index contributed by atoms with van der Waals surface area (Å²) in [6.45, 7) is 1.59. The van der Waals surface area contributed by atoms with Crippen molar-refractivity contribution in [2.24, 2.45) is 0 Å². The zero-order valence-electron chi connectivity index (χ0n) is 17.9. The van der Waals surface area contributed by atoms with Crippen LogP contribution in [0.3, 0.4) is 0 Å². The van der Waals surface area contributed by atoms with Gasteiger partial charge in [-0.1, -0.05) is 36.4 Å². The summed E-state index contributed by atoms with van der Waals surface area (Å²) in [4.78, 5) is 29.8. The summed E-state index contributed by atoms with van der Waals surface area (Å²) in [5.41, 5.74) is 2.77. The number of hydrogen-bond donors (Lipinski definition) is 0. The Balaban J connectivity index is 1.65. The first kappa shape index (κ1) is 21.0. The maximum absolute atomic E-state index is 12.8. The molecule has 162 valence electrons. The van der Waals surface area contributed by atoms with E-state index < -0.39 is 11.9 Å². The lowest BCUT2D eigenvalue weighted by Gasteiger charge is -2.13. The van der Waals surface area contributed by atoms with Crippen LogP contribution in [0.2, 0.25) is 0 Å². The molecule has 8 heteroatoms. The van der Waals surface area contributed by atoms with E-state index in [-0.39, 0.29) is 23.6 Å². The van der Waals surface area contributed by atoms with Crippen molar-refractivity contribution in [1.82, 2.24) is 14.8 Å². The van der Waals surface area contributed by atoms with Crippen LogP contribution in [0.15, 0.2) is 60.8 Å². The number of aryl methyl sites for hydroxylation is 1. The Morgan fingerprint density at radius 2 is 1.69 bits per heavy atom. The third kappa shape index (κ3) is 3.90. The van der Waals surface area contributed by atoms with Gasteiger partial charge in [0.15, 0.2) is 5.75 Å². The van der Waals surface area contributed by atoms with Crippen LogP contribution in [-0.2, 0) is 16.1 Å². The number of ether oxygens (including phenoxy) is 3. The Morgan fingerprint density at radius 3 is 2.41 bits per heavy atom. The number of esters is 2. The number of benzene rings is 2. The lowest BCUT2D eigenvalue weighted by Crippen LogP contribution is -2.14. The summed E-state index contributed by atoms with van der Waals surface area (Å²) in [5.74, 6) is -0.965. The van der Waals surface area contributed by atoms with E-state index in [9.17, 15) is 9.59 Å². The van der Waals surface area contributed by atoms with Gasteiger partial charge in [-0.25, -0.2) is 19.3 Å². The fourth-order valence-corrected chi connectivity index (χ4v) is 3.48. The second kappa shape index (κ2) is 8.89. The van der Waals surface area contributed by atoms with Crippen LogP contribution >= 0.6 is 0 Å². The number of aromatic nitrogens is 3. The van der Waals surface area contributed by atoms with Crippen molar-refractivity contribution in [3.63, 3.8) is 0 Å². The highest BCUT2D eigenvalue weighted by Gasteiger charge is 2.23. The third-order valence-corrected chi connectivity index (χ3v) is 5.07. The van der Waals surface area contributed by atoms with Gasteiger partial charge in [0.1, 0.15) is 6.61 Å². The Hall–Kier alpha value is -4.20. The third-order valence-electron chi connectivity index (χ3n) is 5.07. The molecular weight excluding hydrogens is 410 g/mol. The van der Waals surface area contributed by atoms with Crippen molar-refractivity contribution in [2.45, 2.75) is 13.5 Å². The zero-order chi connectivity index (χ0) is 22.7. The summed E-state index contributed by atoms with van der Waals surface area (Å²) in [6.07, 6.45) is 1.60. The highest BCUT2D eigenvalue weighted by atomic mass is 16.5. The van der Waals surface area contributed by atoms with Crippen LogP contribution in [0.4, 0.5) is 0 Å². The number of rotatable bonds is 6. The monoisotopic (exact) mass is 431 g/mol. The Labute approximate surface area is 184 Å². The summed E-state index contributed by atoms with van der Waals surface area (Å²) < 4.78 is 17.3. The maximum Gasteiger partial charge on any atom is 0.363 e. The van der Waals surface area contributed by atoms with E-state index in [1.807, 2.05) is 61.5 Å². The minimum atomic E-state index is -0.694. The molecule has 0 radical (unpaired) electrons. The molecular formula is C24H21N3O5. The molecule has 0 aliphatic carbocycles. The fourth-order valence-electron chi connectivity index (χ4n) is 3.48. The molecule has 0 bridgehead atoms. The van der Waals surface area contributed by atoms with Gasteiger partial charge >= 0.3 is 11.9 Å². The first-order valence-corrected chi connectivity index (χ1v) is 9.86. The van der Waals surface area contributed by atoms with Crippen molar-refractivity contribution in [3.05, 3.63) is 83.3 Å². The predicted molar refractivity (Wildman–Crippen MR) is 117 cm³/mol. The number of carbonyl (C=O) groups excluding carboxylic acids is 2. The van der Waals surface area contributed by atoms with E-state index in [1.165, 1.54) is 18.9 Å². The molecule has 4 aromatic rings. The zero-order valence-corrected chi connectivity index (χ0v) is 17.9. The van der Waals surface area contributed by atoms with Crippen molar-refractivity contribution < 1.29 is 23.8 Å². The molecule has 2 aromatic heterocycles. The normalized spacial score (nSPS) is 10.7. The average molecular weight is 431 g/mol. The summed E-state index contributed by atoms with van der Waals surface area (Å²) in [7, 11) is 2.75. The summed E-state index contributed by atoms with van der Waals surface area (Å²) in [6, 6.07) is 16.7. The first-order chi connectivity index (χ1) is 15.5. The molecule has 0 spiro atoms. The van der Waals surface area contributed by atoms with Gasteiger partial charge in [0.2, 0.25) is 5.69 Å². The topological polar surface area (TPSA) is 92.5 Å². The molecule has 0 aliphatic rings. The number of fused-ring (bicyclic) bond motifs is 1. The Morgan fingerprint density at radius 1 is 0.969 bits per heavy atom. The quantitative estimate of drug-likeness (QED) is 0.428. The van der Waals surface area contributed by atoms with Gasteiger partial charge in [0.05, 0.1) is 42.9 Å². The van der Waals surface area contributed by atoms with Crippen LogP contribution in [0.25, 0.3) is 16.6 Å². The molecule has 4 rings (SSSR count). The van der Waals surface area contributed by atoms with Gasteiger partial charge in [-0.2, -0.15) is 5.10 Å². The van der Waals surface area contributed by atoms with E-state index in [1.54, 1.807) is 6.20 Å².